The van der Waals surface area contributed by atoms with Crippen molar-refractivity contribution < 1.29 is 9.66 Å². The zero-order chi connectivity index (χ0) is 19.7. The molecule has 2 aromatic heterocycles. The number of hydrogen-bond acceptors (Lipinski definition) is 7. The molecule has 0 atom stereocenters. The second kappa shape index (κ2) is 6.79. The molecule has 0 fully saturated rings. The van der Waals surface area contributed by atoms with Gasteiger partial charge in [0.15, 0.2) is 0 Å². The molecular weight excluding hydrogens is 366 g/mol. The number of nitrogens with zero attached hydrogens (tertiary/aromatic N) is 6. The summed E-state index contributed by atoms with van der Waals surface area (Å²) in [4.78, 5) is 23.3. The van der Waals surface area contributed by atoms with Crippen LogP contribution in [-0.4, -0.2) is 34.9 Å². The van der Waals surface area contributed by atoms with Crippen LogP contribution in [-0.2, 0) is 0 Å². The number of rotatable bonds is 5. The molecule has 0 bridgehead atoms. The molecule has 4 aromatic rings. The lowest BCUT2D eigenvalue weighted by Gasteiger charge is -2.04. The number of aromatic amines is 1. The lowest BCUT2D eigenvalue weighted by Crippen LogP contribution is -2.16. The van der Waals surface area contributed by atoms with Crippen molar-refractivity contribution in [1.29, 1.82) is 0 Å². The first-order valence-electron chi connectivity index (χ1n) is 8.12. The maximum absolute atomic E-state index is 12.8. The molecule has 0 radical (unpaired) electrons. The van der Waals surface area contributed by atoms with E-state index in [9.17, 15) is 14.9 Å². The number of nitro groups is 1. The maximum atomic E-state index is 12.8. The zero-order valence-electron chi connectivity index (χ0n) is 14.5. The average molecular weight is 379 g/mol. The van der Waals surface area contributed by atoms with Gasteiger partial charge in [0.25, 0.3) is 5.69 Å². The summed E-state index contributed by atoms with van der Waals surface area (Å²) < 4.78 is 8.19. The van der Waals surface area contributed by atoms with Crippen LogP contribution in [0.25, 0.3) is 11.4 Å². The molecule has 0 saturated carbocycles. The van der Waals surface area contributed by atoms with Crippen LogP contribution in [0.5, 0.6) is 11.8 Å². The Balaban J connectivity index is 1.73. The number of nitro benzene ring substituents is 1. The summed E-state index contributed by atoms with van der Waals surface area (Å²) >= 11 is 0. The standard InChI is InChI=1S/C17H13N7O4/c1-11-15(28-17-18-20-21-23(17)12-6-3-2-4-7-12)16(25)22(19-11)13-8-5-9-14(10-13)24(26)27/h2-10,19H,1H3. The predicted octanol–water partition coefficient (Wildman–Crippen LogP) is 2.15. The first-order valence-corrected chi connectivity index (χ1v) is 8.12. The Hall–Kier alpha value is -4.28. The quantitative estimate of drug-likeness (QED) is 0.415. The average Bonchev–Trinajstić information content (AvgIpc) is 3.29. The number of aryl methyl sites for hydroxylation is 1. The smallest absolute Gasteiger partial charge is 0.346 e. The van der Waals surface area contributed by atoms with E-state index in [-0.39, 0.29) is 17.4 Å². The number of H-pyrrole nitrogens is 1. The molecule has 0 aliphatic heterocycles. The fourth-order valence-electron chi connectivity index (χ4n) is 2.64. The van der Waals surface area contributed by atoms with E-state index in [1.807, 2.05) is 18.2 Å². The summed E-state index contributed by atoms with van der Waals surface area (Å²) in [5.41, 5.74) is 0.723. The molecule has 2 heterocycles. The van der Waals surface area contributed by atoms with Crippen LogP contribution in [0.3, 0.4) is 0 Å². The highest BCUT2D eigenvalue weighted by Crippen LogP contribution is 2.22. The van der Waals surface area contributed by atoms with Gasteiger partial charge in [-0.05, 0) is 35.5 Å². The molecule has 11 heteroatoms. The summed E-state index contributed by atoms with van der Waals surface area (Å²) in [7, 11) is 0. The van der Waals surface area contributed by atoms with Gasteiger partial charge >= 0.3 is 11.6 Å². The lowest BCUT2D eigenvalue weighted by molar-refractivity contribution is -0.384. The van der Waals surface area contributed by atoms with E-state index in [0.29, 0.717) is 17.1 Å². The van der Waals surface area contributed by atoms with Gasteiger partial charge in [0.05, 0.1) is 22.0 Å². The Kier molecular flexibility index (Phi) is 4.16. The highest BCUT2D eigenvalue weighted by Gasteiger charge is 2.19. The van der Waals surface area contributed by atoms with Crippen molar-refractivity contribution in [2.75, 3.05) is 0 Å². The molecule has 0 unspecified atom stereocenters. The monoisotopic (exact) mass is 379 g/mol. The van der Waals surface area contributed by atoms with Gasteiger partial charge < -0.3 is 4.74 Å². The number of hydrogen-bond donors (Lipinski definition) is 1. The van der Waals surface area contributed by atoms with Crippen LogP contribution in [0.4, 0.5) is 5.69 Å². The Labute approximate surface area is 156 Å². The van der Waals surface area contributed by atoms with Gasteiger partial charge in [-0.3, -0.25) is 20.0 Å². The van der Waals surface area contributed by atoms with Crippen molar-refractivity contribution >= 4 is 5.69 Å². The maximum Gasteiger partial charge on any atom is 0.346 e. The first-order chi connectivity index (χ1) is 13.5. The van der Waals surface area contributed by atoms with Crippen LogP contribution >= 0.6 is 0 Å². The number of non-ortho nitro benzene ring substituents is 1. The molecule has 0 spiro atoms. The van der Waals surface area contributed by atoms with Crippen LogP contribution < -0.4 is 10.3 Å². The number of aromatic nitrogens is 6. The van der Waals surface area contributed by atoms with E-state index in [1.54, 1.807) is 25.1 Å². The van der Waals surface area contributed by atoms with Gasteiger partial charge in [0, 0.05) is 12.1 Å². The summed E-state index contributed by atoms with van der Waals surface area (Å²) in [5.74, 6) is -0.0153. The summed E-state index contributed by atoms with van der Waals surface area (Å²) in [6, 6.07) is 14.8. The van der Waals surface area contributed by atoms with Gasteiger partial charge in [-0.1, -0.05) is 29.4 Å². The van der Waals surface area contributed by atoms with Gasteiger partial charge in [-0.25, -0.2) is 4.68 Å². The van der Waals surface area contributed by atoms with Crippen molar-refractivity contribution in [3.8, 4) is 23.1 Å². The second-order valence-electron chi connectivity index (χ2n) is 5.79. The highest BCUT2D eigenvalue weighted by molar-refractivity contribution is 5.44. The lowest BCUT2D eigenvalue weighted by atomic mass is 10.3. The third-order valence-corrected chi connectivity index (χ3v) is 3.95. The molecule has 140 valence electrons. The third kappa shape index (κ3) is 3.00. The van der Waals surface area contributed by atoms with E-state index >= 15 is 0 Å². The second-order valence-corrected chi connectivity index (χ2v) is 5.79. The molecule has 4 rings (SSSR count). The van der Waals surface area contributed by atoms with E-state index in [1.165, 1.54) is 22.9 Å². The Morgan fingerprint density at radius 1 is 1.11 bits per heavy atom. The number of benzene rings is 2. The van der Waals surface area contributed by atoms with Crippen molar-refractivity contribution in [1.82, 2.24) is 30.0 Å². The number of ether oxygens (including phenoxy) is 1. The van der Waals surface area contributed by atoms with Crippen molar-refractivity contribution in [3.63, 3.8) is 0 Å². The Morgan fingerprint density at radius 2 is 1.86 bits per heavy atom. The van der Waals surface area contributed by atoms with Gasteiger partial charge in [-0.15, -0.1) is 0 Å². The first kappa shape index (κ1) is 17.1. The van der Waals surface area contributed by atoms with Crippen LogP contribution in [0.1, 0.15) is 5.69 Å². The fourth-order valence-corrected chi connectivity index (χ4v) is 2.64. The molecule has 0 amide bonds. The molecule has 2 aromatic carbocycles. The van der Waals surface area contributed by atoms with Crippen molar-refractivity contribution in [2.24, 2.45) is 0 Å². The number of para-hydroxylation sites is 1. The van der Waals surface area contributed by atoms with Crippen LogP contribution in [0.15, 0.2) is 59.4 Å². The SMILES string of the molecule is Cc1[nH]n(-c2cccc([N+](=O)[O-])c2)c(=O)c1Oc1nnnn1-c1ccccc1. The van der Waals surface area contributed by atoms with E-state index in [4.69, 9.17) is 4.74 Å². The topological polar surface area (TPSA) is 134 Å². The highest BCUT2D eigenvalue weighted by atomic mass is 16.6. The van der Waals surface area contributed by atoms with E-state index in [2.05, 4.69) is 20.6 Å². The minimum atomic E-state index is -0.532. The van der Waals surface area contributed by atoms with Crippen molar-refractivity contribution in [2.45, 2.75) is 6.92 Å². The minimum Gasteiger partial charge on any atom is -0.415 e. The normalized spacial score (nSPS) is 10.8. The molecule has 11 nitrogen and oxygen atoms in total. The molecule has 0 saturated heterocycles. The van der Waals surface area contributed by atoms with Gasteiger partial charge in [0.2, 0.25) is 5.75 Å². The predicted molar refractivity (Wildman–Crippen MR) is 97.0 cm³/mol. The summed E-state index contributed by atoms with van der Waals surface area (Å²) in [5, 5.41) is 25.1. The Morgan fingerprint density at radius 3 is 2.61 bits per heavy atom. The van der Waals surface area contributed by atoms with E-state index in [0.717, 1.165) is 4.68 Å². The largest absolute Gasteiger partial charge is 0.415 e. The molecule has 0 aliphatic rings. The fraction of sp³-hybridized carbons (Fsp3) is 0.0588. The minimum absolute atomic E-state index is 0.0107. The zero-order valence-corrected chi connectivity index (χ0v) is 14.5. The van der Waals surface area contributed by atoms with Crippen LogP contribution in [0.2, 0.25) is 0 Å². The van der Waals surface area contributed by atoms with Gasteiger partial charge in [-0.2, -0.15) is 4.68 Å². The number of tetrazole rings is 1. The summed E-state index contributed by atoms with van der Waals surface area (Å²) in [6.45, 7) is 1.64. The number of nitrogens with one attached hydrogen (secondary N) is 1. The Bertz CT molecular complexity index is 1210. The summed E-state index contributed by atoms with van der Waals surface area (Å²) in [6.07, 6.45) is 0. The third-order valence-electron chi connectivity index (χ3n) is 3.95. The molecule has 0 aliphatic carbocycles. The van der Waals surface area contributed by atoms with E-state index < -0.39 is 10.5 Å². The van der Waals surface area contributed by atoms with Crippen LogP contribution in [0, 0.1) is 17.0 Å². The van der Waals surface area contributed by atoms with Crippen molar-refractivity contribution in [3.05, 3.63) is 80.8 Å². The molecular formula is C17H13N7O4. The molecule has 28 heavy (non-hydrogen) atoms. The van der Waals surface area contributed by atoms with Gasteiger partial charge in [0.1, 0.15) is 0 Å². The molecule has 1 N–H and O–H groups in total.